The lowest BCUT2D eigenvalue weighted by Crippen LogP contribution is -2.33. The van der Waals surface area contributed by atoms with Gasteiger partial charge in [-0.25, -0.2) is 8.42 Å². The predicted molar refractivity (Wildman–Crippen MR) is 124 cm³/mol. The monoisotopic (exact) mass is 475 g/mol. The quantitative estimate of drug-likeness (QED) is 0.665. The number of likely N-dealkylation sites (tertiary alicyclic amines) is 1. The minimum absolute atomic E-state index is 0.00141. The van der Waals surface area contributed by atoms with Crippen LogP contribution in [-0.2, 0) is 19.6 Å². The van der Waals surface area contributed by atoms with Crippen LogP contribution >= 0.6 is 11.8 Å². The Kier molecular flexibility index (Phi) is 6.61. The van der Waals surface area contributed by atoms with Crippen molar-refractivity contribution in [3.05, 3.63) is 42.5 Å². The molecule has 32 heavy (non-hydrogen) atoms. The van der Waals surface area contributed by atoms with Crippen molar-refractivity contribution in [1.29, 1.82) is 0 Å². The number of fused-ring (bicyclic) bond motifs is 1. The number of ether oxygens (including phenoxy) is 1. The van der Waals surface area contributed by atoms with Crippen molar-refractivity contribution in [3.8, 4) is 5.75 Å². The summed E-state index contributed by atoms with van der Waals surface area (Å²) in [4.78, 5) is 27.9. The predicted octanol–water partition coefficient (Wildman–Crippen LogP) is 3.17. The van der Waals surface area contributed by atoms with Gasteiger partial charge in [-0.2, -0.15) is 0 Å². The fourth-order valence-electron chi connectivity index (χ4n) is 3.79. The maximum Gasteiger partial charge on any atom is 0.262 e. The Bertz CT molecular complexity index is 1130. The van der Waals surface area contributed by atoms with Gasteiger partial charge in [0.05, 0.1) is 29.3 Å². The number of carbonyl (C=O) groups excluding carboxylic acids is 2. The van der Waals surface area contributed by atoms with Gasteiger partial charge in [0.15, 0.2) is 0 Å². The highest BCUT2D eigenvalue weighted by atomic mass is 32.2. The summed E-state index contributed by atoms with van der Waals surface area (Å²) in [7, 11) is -2.44. The van der Waals surface area contributed by atoms with Crippen LogP contribution in [0.4, 0.5) is 11.4 Å². The van der Waals surface area contributed by atoms with E-state index < -0.39 is 15.9 Å². The third kappa shape index (κ3) is 4.86. The molecule has 8 nitrogen and oxygen atoms in total. The van der Waals surface area contributed by atoms with E-state index in [2.05, 4.69) is 10.0 Å². The minimum Gasteiger partial charge on any atom is -0.495 e. The van der Waals surface area contributed by atoms with Crippen molar-refractivity contribution in [2.45, 2.75) is 29.1 Å². The molecule has 2 aliphatic heterocycles. The van der Waals surface area contributed by atoms with Gasteiger partial charge in [0.25, 0.3) is 10.0 Å². The highest BCUT2D eigenvalue weighted by molar-refractivity contribution is 7.99. The van der Waals surface area contributed by atoms with E-state index in [-0.39, 0.29) is 23.1 Å². The zero-order chi connectivity index (χ0) is 22.7. The number of para-hydroxylation sites is 2. The number of benzene rings is 2. The fourth-order valence-corrected chi connectivity index (χ4v) is 5.97. The summed E-state index contributed by atoms with van der Waals surface area (Å²) in [5.74, 6) is 0.131. The topological polar surface area (TPSA) is 105 Å². The van der Waals surface area contributed by atoms with Gasteiger partial charge in [-0.05, 0) is 43.2 Å². The fraction of sp³-hybridized carbons (Fsp3) is 0.364. The molecule has 10 heteroatoms. The molecular weight excluding hydrogens is 450 g/mol. The van der Waals surface area contributed by atoms with Crippen molar-refractivity contribution in [2.24, 2.45) is 5.92 Å². The van der Waals surface area contributed by atoms with Crippen LogP contribution in [-0.4, -0.2) is 51.1 Å². The van der Waals surface area contributed by atoms with Gasteiger partial charge in [-0.15, -0.1) is 11.8 Å². The first kappa shape index (κ1) is 22.5. The van der Waals surface area contributed by atoms with Crippen LogP contribution in [0.15, 0.2) is 52.3 Å². The molecular formula is C22H25N3O5S2. The summed E-state index contributed by atoms with van der Waals surface area (Å²) >= 11 is 1.45. The summed E-state index contributed by atoms with van der Waals surface area (Å²) in [6, 6.07) is 11.4. The van der Waals surface area contributed by atoms with Gasteiger partial charge in [0.2, 0.25) is 11.8 Å². The summed E-state index contributed by atoms with van der Waals surface area (Å²) < 4.78 is 33.6. The normalized spacial score (nSPS) is 18.5. The van der Waals surface area contributed by atoms with E-state index in [0.717, 1.165) is 30.8 Å². The Balaban J connectivity index is 1.51. The van der Waals surface area contributed by atoms with Crippen LogP contribution in [0.5, 0.6) is 5.75 Å². The third-order valence-corrected chi connectivity index (χ3v) is 8.16. The Hall–Kier alpha value is -2.72. The zero-order valence-corrected chi connectivity index (χ0v) is 19.3. The van der Waals surface area contributed by atoms with Crippen molar-refractivity contribution >= 4 is 45.0 Å². The number of nitrogens with one attached hydrogen (secondary N) is 2. The van der Waals surface area contributed by atoms with Gasteiger partial charge in [-0.3, -0.25) is 14.3 Å². The summed E-state index contributed by atoms with van der Waals surface area (Å²) in [6.45, 7) is 1.50. The number of sulfonamides is 1. The molecule has 0 saturated carbocycles. The summed E-state index contributed by atoms with van der Waals surface area (Å²) in [5.41, 5.74) is 0.753. The van der Waals surface area contributed by atoms with Crippen LogP contribution in [0.1, 0.15) is 19.3 Å². The lowest BCUT2D eigenvalue weighted by atomic mass is 10.1. The van der Waals surface area contributed by atoms with Crippen molar-refractivity contribution in [1.82, 2.24) is 4.90 Å². The molecule has 4 rings (SSSR count). The van der Waals surface area contributed by atoms with E-state index >= 15 is 0 Å². The SMILES string of the molecule is COc1ccccc1NS(=O)(=O)c1ccc2c(c1)NC(=O)C(CC(=O)N1CCCC1)CS2. The Labute approximate surface area is 191 Å². The van der Waals surface area contributed by atoms with E-state index in [1.165, 1.54) is 31.0 Å². The Morgan fingerprint density at radius 2 is 1.97 bits per heavy atom. The highest BCUT2D eigenvalue weighted by Crippen LogP contribution is 2.36. The van der Waals surface area contributed by atoms with Crippen molar-refractivity contribution in [3.63, 3.8) is 0 Å². The second kappa shape index (κ2) is 9.41. The summed E-state index contributed by atoms with van der Waals surface area (Å²) in [6.07, 6.45) is 2.17. The molecule has 170 valence electrons. The number of carbonyl (C=O) groups is 2. The molecule has 2 N–H and O–H groups in total. The number of nitrogens with zero attached hydrogens (tertiary/aromatic N) is 1. The molecule has 0 radical (unpaired) electrons. The standard InChI is InChI=1S/C22H25N3O5S2/c1-30-19-7-3-2-6-17(19)24-32(28,29)16-8-9-20-18(13-16)23-22(27)15(14-31-20)12-21(26)25-10-4-5-11-25/h2-3,6-9,13,15,24H,4-5,10-12,14H2,1H3,(H,23,27). The van der Waals surface area contributed by atoms with Gasteiger partial charge < -0.3 is 15.0 Å². The van der Waals surface area contributed by atoms with Gasteiger partial charge >= 0.3 is 0 Å². The Morgan fingerprint density at radius 1 is 1.22 bits per heavy atom. The first-order valence-corrected chi connectivity index (χ1v) is 12.9. The molecule has 0 aliphatic carbocycles. The highest BCUT2D eigenvalue weighted by Gasteiger charge is 2.30. The molecule has 2 aliphatic rings. The first-order valence-electron chi connectivity index (χ1n) is 10.4. The summed E-state index contributed by atoms with van der Waals surface area (Å²) in [5, 5.41) is 2.82. The molecule has 2 aromatic rings. The molecule has 1 fully saturated rings. The van der Waals surface area contributed by atoms with Gasteiger partial charge in [0.1, 0.15) is 5.75 Å². The zero-order valence-electron chi connectivity index (χ0n) is 17.7. The number of rotatable bonds is 6. The maximum atomic E-state index is 12.9. The second-order valence-electron chi connectivity index (χ2n) is 7.75. The van der Waals surface area contributed by atoms with Gasteiger partial charge in [0, 0.05) is 30.2 Å². The second-order valence-corrected chi connectivity index (χ2v) is 10.5. The average molecular weight is 476 g/mol. The van der Waals surface area contributed by atoms with Crippen LogP contribution in [0.2, 0.25) is 0 Å². The van der Waals surface area contributed by atoms with Crippen LogP contribution < -0.4 is 14.8 Å². The maximum absolute atomic E-state index is 12.9. The molecule has 1 unspecified atom stereocenters. The first-order chi connectivity index (χ1) is 15.4. The molecule has 2 heterocycles. The van der Waals surface area contributed by atoms with Crippen molar-refractivity contribution < 1.29 is 22.7 Å². The average Bonchev–Trinajstić information content (AvgIpc) is 3.27. The third-order valence-electron chi connectivity index (χ3n) is 5.56. The molecule has 0 bridgehead atoms. The molecule has 0 spiro atoms. The molecule has 1 atom stereocenters. The van der Waals surface area contributed by atoms with Crippen LogP contribution in [0, 0.1) is 5.92 Å². The molecule has 1 saturated heterocycles. The number of hydrogen-bond donors (Lipinski definition) is 2. The van der Waals surface area contributed by atoms with Gasteiger partial charge in [-0.1, -0.05) is 12.1 Å². The van der Waals surface area contributed by atoms with Crippen molar-refractivity contribution in [2.75, 3.05) is 36.0 Å². The lowest BCUT2D eigenvalue weighted by molar-refractivity contribution is -0.133. The van der Waals surface area contributed by atoms with E-state index in [1.54, 1.807) is 30.3 Å². The van der Waals surface area contributed by atoms with E-state index in [1.807, 2.05) is 4.90 Å². The number of methoxy groups -OCH3 is 1. The Morgan fingerprint density at radius 3 is 2.72 bits per heavy atom. The van der Waals surface area contributed by atoms with E-state index in [4.69, 9.17) is 4.74 Å². The van der Waals surface area contributed by atoms with Crippen LogP contribution in [0.3, 0.4) is 0 Å². The van der Waals surface area contributed by atoms with Crippen LogP contribution in [0.25, 0.3) is 0 Å². The number of anilines is 2. The molecule has 2 aromatic carbocycles. The van der Waals surface area contributed by atoms with E-state index in [9.17, 15) is 18.0 Å². The largest absolute Gasteiger partial charge is 0.495 e. The molecule has 0 aromatic heterocycles. The van der Waals surface area contributed by atoms with E-state index in [0.29, 0.717) is 22.9 Å². The number of hydrogen-bond acceptors (Lipinski definition) is 6. The lowest BCUT2D eigenvalue weighted by Gasteiger charge is -2.18. The number of amides is 2. The number of thioether (sulfide) groups is 1. The minimum atomic E-state index is -3.90. The smallest absolute Gasteiger partial charge is 0.262 e. The molecule has 2 amide bonds.